The highest BCUT2D eigenvalue weighted by molar-refractivity contribution is 9.10. The lowest BCUT2D eigenvalue weighted by molar-refractivity contribution is 0.601. The number of rotatable bonds is 4. The van der Waals surface area contributed by atoms with E-state index in [1.165, 1.54) is 12.1 Å². The third kappa shape index (κ3) is 3.56. The van der Waals surface area contributed by atoms with Gasteiger partial charge in [-0.15, -0.1) is 0 Å². The Morgan fingerprint density at radius 2 is 1.80 bits per heavy atom. The Morgan fingerprint density at radius 1 is 1.15 bits per heavy atom. The molecule has 0 saturated heterocycles. The molecule has 0 bridgehead atoms. The van der Waals surface area contributed by atoms with E-state index in [-0.39, 0.29) is 9.88 Å². The van der Waals surface area contributed by atoms with Gasteiger partial charge in [-0.05, 0) is 36.4 Å². The first kappa shape index (κ1) is 15.0. The SMILES string of the molecule is NC(=S)c1cccc(NS(=O)(=O)c2ccc(Br)cc2)c1. The molecule has 2 aromatic rings. The van der Waals surface area contributed by atoms with Crippen LogP contribution in [-0.2, 0) is 10.0 Å². The predicted octanol–water partition coefficient (Wildman–Crippen LogP) is 2.88. The highest BCUT2D eigenvalue weighted by atomic mass is 79.9. The van der Waals surface area contributed by atoms with Crippen molar-refractivity contribution in [1.82, 2.24) is 0 Å². The monoisotopic (exact) mass is 370 g/mol. The van der Waals surface area contributed by atoms with Gasteiger partial charge in [0.2, 0.25) is 0 Å². The van der Waals surface area contributed by atoms with E-state index in [0.29, 0.717) is 11.3 Å². The van der Waals surface area contributed by atoms with E-state index in [2.05, 4.69) is 20.7 Å². The largest absolute Gasteiger partial charge is 0.389 e. The summed E-state index contributed by atoms with van der Waals surface area (Å²) in [5.41, 5.74) is 6.55. The fourth-order valence-electron chi connectivity index (χ4n) is 1.56. The number of anilines is 1. The van der Waals surface area contributed by atoms with Gasteiger partial charge in [0.05, 0.1) is 4.90 Å². The molecule has 2 rings (SSSR count). The van der Waals surface area contributed by atoms with E-state index < -0.39 is 10.0 Å². The molecule has 7 heteroatoms. The summed E-state index contributed by atoms with van der Waals surface area (Å²) in [7, 11) is -3.63. The molecule has 4 nitrogen and oxygen atoms in total. The number of nitrogens with one attached hydrogen (secondary N) is 1. The first-order valence-electron chi connectivity index (χ1n) is 5.57. The van der Waals surface area contributed by atoms with Crippen molar-refractivity contribution >= 4 is 48.8 Å². The van der Waals surface area contributed by atoms with E-state index >= 15 is 0 Å². The Morgan fingerprint density at radius 3 is 2.40 bits per heavy atom. The molecule has 3 N–H and O–H groups in total. The maximum atomic E-state index is 12.2. The Hall–Kier alpha value is -1.44. The van der Waals surface area contributed by atoms with Crippen molar-refractivity contribution in [2.24, 2.45) is 5.73 Å². The van der Waals surface area contributed by atoms with Gasteiger partial charge in [-0.25, -0.2) is 8.42 Å². The number of nitrogens with two attached hydrogens (primary N) is 1. The van der Waals surface area contributed by atoms with Crippen molar-refractivity contribution in [3.8, 4) is 0 Å². The number of hydrogen-bond donors (Lipinski definition) is 2. The summed E-state index contributed by atoms with van der Waals surface area (Å²) in [6.07, 6.45) is 0. The highest BCUT2D eigenvalue weighted by Crippen LogP contribution is 2.19. The minimum atomic E-state index is -3.63. The average molecular weight is 371 g/mol. The van der Waals surface area contributed by atoms with Gasteiger partial charge in [-0.1, -0.05) is 40.3 Å². The zero-order chi connectivity index (χ0) is 14.8. The summed E-state index contributed by atoms with van der Waals surface area (Å²) in [5.74, 6) is 0. The Kier molecular flexibility index (Phi) is 4.42. The normalized spacial score (nSPS) is 11.1. The van der Waals surface area contributed by atoms with Gasteiger partial charge >= 0.3 is 0 Å². The zero-order valence-electron chi connectivity index (χ0n) is 10.2. The lowest BCUT2D eigenvalue weighted by Gasteiger charge is -2.09. The van der Waals surface area contributed by atoms with Crippen molar-refractivity contribution in [1.29, 1.82) is 0 Å². The molecule has 0 radical (unpaired) electrons. The van der Waals surface area contributed by atoms with Crippen molar-refractivity contribution in [2.75, 3.05) is 4.72 Å². The molecule has 0 saturated carbocycles. The zero-order valence-corrected chi connectivity index (χ0v) is 13.4. The van der Waals surface area contributed by atoms with Crippen LogP contribution in [0.2, 0.25) is 0 Å². The maximum absolute atomic E-state index is 12.2. The van der Waals surface area contributed by atoms with Gasteiger partial charge in [0.15, 0.2) is 0 Å². The number of hydrogen-bond acceptors (Lipinski definition) is 3. The van der Waals surface area contributed by atoms with E-state index in [0.717, 1.165) is 4.47 Å². The smallest absolute Gasteiger partial charge is 0.261 e. The van der Waals surface area contributed by atoms with Gasteiger partial charge in [0, 0.05) is 15.7 Å². The van der Waals surface area contributed by atoms with Crippen LogP contribution in [0.25, 0.3) is 0 Å². The molecule has 0 spiro atoms. The molecule has 0 unspecified atom stereocenters. The lowest BCUT2D eigenvalue weighted by atomic mass is 10.2. The second-order valence-corrected chi connectivity index (χ2v) is 7.04. The summed E-state index contributed by atoms with van der Waals surface area (Å²) in [4.78, 5) is 0.399. The molecule has 20 heavy (non-hydrogen) atoms. The molecule has 0 heterocycles. The molecular formula is C13H11BrN2O2S2. The molecule has 0 aromatic heterocycles. The van der Waals surface area contributed by atoms with Crippen LogP contribution in [0, 0.1) is 0 Å². The molecule has 0 aliphatic carbocycles. The van der Waals surface area contributed by atoms with Crippen molar-refractivity contribution in [3.63, 3.8) is 0 Å². The summed E-state index contributed by atoms with van der Waals surface area (Å²) in [5, 5.41) is 0. The maximum Gasteiger partial charge on any atom is 0.261 e. The van der Waals surface area contributed by atoms with Gasteiger partial charge in [0.25, 0.3) is 10.0 Å². The number of benzene rings is 2. The molecule has 0 fully saturated rings. The van der Waals surface area contributed by atoms with Crippen LogP contribution >= 0.6 is 28.1 Å². The highest BCUT2D eigenvalue weighted by Gasteiger charge is 2.14. The van der Waals surface area contributed by atoms with Gasteiger partial charge < -0.3 is 5.73 Å². The van der Waals surface area contributed by atoms with Crippen LogP contribution in [0.1, 0.15) is 5.56 Å². The lowest BCUT2D eigenvalue weighted by Crippen LogP contribution is -2.14. The summed E-state index contributed by atoms with van der Waals surface area (Å²) >= 11 is 8.13. The Bertz CT molecular complexity index is 743. The molecule has 0 atom stereocenters. The molecule has 0 aliphatic heterocycles. The van der Waals surface area contributed by atoms with E-state index in [1.54, 1.807) is 36.4 Å². The fraction of sp³-hybridized carbons (Fsp3) is 0. The average Bonchev–Trinajstić information content (AvgIpc) is 2.39. The van der Waals surface area contributed by atoms with Crippen LogP contribution in [0.4, 0.5) is 5.69 Å². The van der Waals surface area contributed by atoms with E-state index in [1.807, 2.05) is 0 Å². The number of sulfonamides is 1. The molecule has 0 aliphatic rings. The summed E-state index contributed by atoms with van der Waals surface area (Å²) in [6, 6.07) is 13.0. The fourth-order valence-corrected chi connectivity index (χ4v) is 3.00. The predicted molar refractivity (Wildman–Crippen MR) is 87.3 cm³/mol. The van der Waals surface area contributed by atoms with Crippen LogP contribution in [-0.4, -0.2) is 13.4 Å². The quantitative estimate of drug-likeness (QED) is 0.811. The van der Waals surface area contributed by atoms with E-state index in [9.17, 15) is 8.42 Å². The standard InChI is InChI=1S/C13H11BrN2O2S2/c14-10-4-6-12(7-5-10)20(17,18)16-11-3-1-2-9(8-11)13(15)19/h1-8,16H,(H2,15,19). The number of halogens is 1. The van der Waals surface area contributed by atoms with Gasteiger partial charge in [0.1, 0.15) is 4.99 Å². The molecular weight excluding hydrogens is 360 g/mol. The summed E-state index contributed by atoms with van der Waals surface area (Å²) in [6.45, 7) is 0. The Balaban J connectivity index is 2.31. The summed E-state index contributed by atoms with van der Waals surface area (Å²) < 4.78 is 27.7. The van der Waals surface area contributed by atoms with Crippen LogP contribution in [0.15, 0.2) is 57.9 Å². The third-order valence-corrected chi connectivity index (χ3v) is 4.68. The topological polar surface area (TPSA) is 72.2 Å². The van der Waals surface area contributed by atoms with Crippen molar-refractivity contribution in [2.45, 2.75) is 4.90 Å². The minimum Gasteiger partial charge on any atom is -0.389 e. The van der Waals surface area contributed by atoms with Crippen molar-refractivity contribution < 1.29 is 8.42 Å². The number of thiocarbonyl (C=S) groups is 1. The second kappa shape index (κ2) is 5.90. The second-order valence-electron chi connectivity index (χ2n) is 4.00. The molecule has 0 amide bonds. The van der Waals surface area contributed by atoms with Crippen LogP contribution in [0.3, 0.4) is 0 Å². The van der Waals surface area contributed by atoms with Gasteiger partial charge in [-0.3, -0.25) is 4.72 Å². The Labute approximate surface area is 131 Å². The van der Waals surface area contributed by atoms with Gasteiger partial charge in [-0.2, -0.15) is 0 Å². The molecule has 104 valence electrons. The van der Waals surface area contributed by atoms with E-state index in [4.69, 9.17) is 18.0 Å². The van der Waals surface area contributed by atoms with Crippen LogP contribution in [0.5, 0.6) is 0 Å². The first-order valence-corrected chi connectivity index (χ1v) is 8.25. The third-order valence-electron chi connectivity index (χ3n) is 2.52. The first-order chi connectivity index (χ1) is 9.38. The minimum absolute atomic E-state index is 0.182. The molecule has 2 aromatic carbocycles. The van der Waals surface area contributed by atoms with Crippen LogP contribution < -0.4 is 10.5 Å². The van der Waals surface area contributed by atoms with Crippen molar-refractivity contribution in [3.05, 3.63) is 58.6 Å².